The van der Waals surface area contributed by atoms with Crippen LogP contribution in [0.25, 0.3) is 6.08 Å². The molecule has 2 fully saturated rings. The molecule has 4 rings (SSSR count). The Morgan fingerprint density at radius 1 is 1.31 bits per heavy atom. The van der Waals surface area contributed by atoms with Gasteiger partial charge in [0.25, 0.3) is 11.1 Å². The third-order valence-electron chi connectivity index (χ3n) is 5.94. The van der Waals surface area contributed by atoms with Crippen LogP contribution in [0, 0.1) is 12.8 Å². The van der Waals surface area contributed by atoms with Crippen LogP contribution in [0.2, 0.25) is 0 Å². The second-order valence-electron chi connectivity index (χ2n) is 9.16. The molecule has 2 aromatic rings. The average molecular weight is 513 g/mol. The number of hydrogen-bond donors (Lipinski definition) is 2. The summed E-state index contributed by atoms with van der Waals surface area (Å²) in [6.45, 7) is 6.37. The fourth-order valence-electron chi connectivity index (χ4n) is 4.29. The molecule has 0 spiro atoms. The van der Waals surface area contributed by atoms with Crippen molar-refractivity contribution in [2.24, 2.45) is 5.92 Å². The van der Waals surface area contributed by atoms with E-state index in [0.717, 1.165) is 18.2 Å². The predicted molar refractivity (Wildman–Crippen MR) is 134 cm³/mol. The zero-order chi connectivity index (χ0) is 25.8. The van der Waals surface area contributed by atoms with Crippen molar-refractivity contribution in [1.29, 1.82) is 0 Å². The molecular formula is C25H28N4O6S. The summed E-state index contributed by atoms with van der Waals surface area (Å²) in [5.41, 5.74) is 1.32. The molecule has 1 aromatic carbocycles. The number of likely N-dealkylation sites (tertiary alicyclic amines) is 1. The number of rotatable bonds is 7. The van der Waals surface area contributed by atoms with Crippen molar-refractivity contribution >= 4 is 35.1 Å². The van der Waals surface area contributed by atoms with E-state index in [9.17, 15) is 19.5 Å². The lowest BCUT2D eigenvalue weighted by Gasteiger charge is -2.38. The number of nitrogens with zero attached hydrogens (tertiary/aromatic N) is 3. The van der Waals surface area contributed by atoms with E-state index in [4.69, 9.17) is 9.47 Å². The second kappa shape index (κ2) is 11.0. The fraction of sp³-hybridized carbons (Fsp3) is 0.400. The summed E-state index contributed by atoms with van der Waals surface area (Å²) in [6.07, 6.45) is 3.86. The summed E-state index contributed by atoms with van der Waals surface area (Å²) in [5.74, 6) is 1.17. The van der Waals surface area contributed by atoms with Gasteiger partial charge in [0.05, 0.1) is 10.5 Å². The first-order valence-corrected chi connectivity index (χ1v) is 12.5. The molecule has 11 heteroatoms. The first kappa shape index (κ1) is 25.5. The minimum atomic E-state index is -0.898. The zero-order valence-corrected chi connectivity index (χ0v) is 21.1. The van der Waals surface area contributed by atoms with Gasteiger partial charge in [0.15, 0.2) is 0 Å². The van der Waals surface area contributed by atoms with Crippen LogP contribution in [0.4, 0.5) is 9.59 Å². The van der Waals surface area contributed by atoms with E-state index in [0.29, 0.717) is 58.8 Å². The summed E-state index contributed by atoms with van der Waals surface area (Å²) in [7, 11) is 0. The molecule has 0 radical (unpaired) electrons. The van der Waals surface area contributed by atoms with Gasteiger partial charge in [0.2, 0.25) is 11.8 Å². The minimum absolute atomic E-state index is 0.105. The molecule has 0 saturated carbocycles. The molecule has 1 aromatic heterocycles. The number of imide groups is 1. The van der Waals surface area contributed by atoms with Crippen LogP contribution in [-0.4, -0.2) is 55.9 Å². The van der Waals surface area contributed by atoms with Crippen molar-refractivity contribution in [3.05, 3.63) is 46.6 Å². The number of amides is 3. The van der Waals surface area contributed by atoms with Crippen LogP contribution < -0.4 is 14.8 Å². The number of carbonyl (C=O) groups is 3. The van der Waals surface area contributed by atoms with Crippen molar-refractivity contribution in [2.75, 3.05) is 6.54 Å². The number of aromatic nitrogens is 2. The van der Waals surface area contributed by atoms with Gasteiger partial charge >= 0.3 is 6.09 Å². The minimum Gasteiger partial charge on any atom is -0.474 e. The predicted octanol–water partition coefficient (Wildman–Crippen LogP) is 4.84. The van der Waals surface area contributed by atoms with E-state index in [1.807, 2.05) is 0 Å². The van der Waals surface area contributed by atoms with E-state index in [-0.39, 0.29) is 12.1 Å². The van der Waals surface area contributed by atoms with Gasteiger partial charge in [-0.25, -0.2) is 14.8 Å². The summed E-state index contributed by atoms with van der Waals surface area (Å²) >= 11 is 0.852. The Labute approximate surface area is 213 Å². The Morgan fingerprint density at radius 2 is 2.08 bits per heavy atom. The van der Waals surface area contributed by atoms with Gasteiger partial charge in [0, 0.05) is 25.4 Å². The third-order valence-corrected chi connectivity index (χ3v) is 6.75. The number of hydrogen-bond acceptors (Lipinski definition) is 8. The molecule has 2 saturated heterocycles. The molecule has 190 valence electrons. The summed E-state index contributed by atoms with van der Waals surface area (Å²) in [5, 5.41) is 11.4. The van der Waals surface area contributed by atoms with Crippen LogP contribution in [0.3, 0.4) is 0 Å². The van der Waals surface area contributed by atoms with Crippen LogP contribution in [0.1, 0.15) is 44.2 Å². The Kier molecular flexibility index (Phi) is 7.78. The lowest BCUT2D eigenvalue weighted by Crippen LogP contribution is -2.48. The molecule has 10 nitrogen and oxygen atoms in total. The monoisotopic (exact) mass is 512 g/mol. The Bertz CT molecular complexity index is 1200. The standard InChI is InChI=1S/C25H28N4O6S/c1-14(2)9-17-12-19(7-8-29(17)25(32)33)35-23-15(3)22(26-13-27-23)34-18-6-4-5-16(10-18)11-20-21(30)28-24(31)36-20/h4-6,10-11,13-14,17,19H,7-9,12H2,1-3H3,(H,32,33)(H,28,30,31). The smallest absolute Gasteiger partial charge is 0.407 e. The van der Waals surface area contributed by atoms with Crippen LogP contribution in [0.15, 0.2) is 35.5 Å². The number of carbonyl (C=O) groups excluding carboxylic acids is 2. The van der Waals surface area contributed by atoms with Crippen LogP contribution >= 0.6 is 11.8 Å². The highest BCUT2D eigenvalue weighted by molar-refractivity contribution is 8.18. The maximum absolute atomic E-state index is 11.8. The Balaban J connectivity index is 1.47. The van der Waals surface area contributed by atoms with Crippen molar-refractivity contribution in [3.63, 3.8) is 0 Å². The van der Waals surface area contributed by atoms with Gasteiger partial charge in [0.1, 0.15) is 18.2 Å². The normalized spacial score (nSPS) is 21.1. The molecule has 2 aliphatic rings. The van der Waals surface area contributed by atoms with Crippen LogP contribution in [-0.2, 0) is 4.79 Å². The quantitative estimate of drug-likeness (QED) is 0.500. The number of piperidine rings is 1. The van der Waals surface area contributed by atoms with Gasteiger partial charge in [-0.15, -0.1) is 0 Å². The molecular weight excluding hydrogens is 484 g/mol. The van der Waals surface area contributed by atoms with Crippen molar-refractivity contribution in [1.82, 2.24) is 20.2 Å². The molecule has 2 N–H and O–H groups in total. The molecule has 2 atom stereocenters. The topological polar surface area (TPSA) is 131 Å². The summed E-state index contributed by atoms with van der Waals surface area (Å²) in [4.78, 5) is 45.2. The fourth-order valence-corrected chi connectivity index (χ4v) is 4.97. The number of nitrogens with one attached hydrogen (secondary N) is 1. The highest BCUT2D eigenvalue weighted by Crippen LogP contribution is 2.32. The van der Waals surface area contributed by atoms with E-state index >= 15 is 0 Å². The Morgan fingerprint density at radius 3 is 2.78 bits per heavy atom. The maximum Gasteiger partial charge on any atom is 0.407 e. The highest BCUT2D eigenvalue weighted by atomic mass is 32.2. The van der Waals surface area contributed by atoms with Gasteiger partial charge in [-0.3, -0.25) is 14.9 Å². The van der Waals surface area contributed by atoms with Gasteiger partial charge < -0.3 is 19.5 Å². The summed E-state index contributed by atoms with van der Waals surface area (Å²) in [6, 6.07) is 6.97. The molecule has 3 amide bonds. The number of benzene rings is 1. The Hall–Kier alpha value is -3.60. The van der Waals surface area contributed by atoms with E-state index in [2.05, 4.69) is 29.1 Å². The number of ether oxygens (including phenoxy) is 2. The second-order valence-corrected chi connectivity index (χ2v) is 10.2. The number of carboxylic acid groups (broad SMARTS) is 1. The van der Waals surface area contributed by atoms with E-state index in [1.54, 1.807) is 37.3 Å². The first-order chi connectivity index (χ1) is 17.2. The van der Waals surface area contributed by atoms with E-state index < -0.39 is 17.2 Å². The van der Waals surface area contributed by atoms with Gasteiger partial charge in [-0.2, -0.15) is 0 Å². The summed E-state index contributed by atoms with van der Waals surface area (Å²) < 4.78 is 12.2. The third kappa shape index (κ3) is 6.14. The zero-order valence-electron chi connectivity index (χ0n) is 20.3. The van der Waals surface area contributed by atoms with Gasteiger partial charge in [-0.1, -0.05) is 26.0 Å². The average Bonchev–Trinajstić information content (AvgIpc) is 3.12. The molecule has 2 unspecified atom stereocenters. The molecule has 3 heterocycles. The van der Waals surface area contributed by atoms with Crippen molar-refractivity contribution in [2.45, 2.75) is 52.2 Å². The van der Waals surface area contributed by atoms with Gasteiger partial charge in [-0.05, 0) is 54.8 Å². The number of thioether (sulfide) groups is 1. The largest absolute Gasteiger partial charge is 0.474 e. The lowest BCUT2D eigenvalue weighted by molar-refractivity contribution is -0.115. The molecule has 2 aliphatic heterocycles. The van der Waals surface area contributed by atoms with Crippen LogP contribution in [0.5, 0.6) is 17.5 Å². The van der Waals surface area contributed by atoms with E-state index in [1.165, 1.54) is 11.2 Å². The maximum atomic E-state index is 11.8. The lowest BCUT2D eigenvalue weighted by atomic mass is 9.92. The first-order valence-electron chi connectivity index (χ1n) is 11.7. The molecule has 0 aliphatic carbocycles. The molecule has 36 heavy (non-hydrogen) atoms. The molecule has 0 bridgehead atoms. The SMILES string of the molecule is Cc1c(Oc2cccc(C=C3SC(=O)NC3=O)c2)ncnc1OC1CCN(C(=O)O)C(CC(C)C)C1. The van der Waals surface area contributed by atoms with Crippen molar-refractivity contribution in [3.8, 4) is 17.5 Å². The van der Waals surface area contributed by atoms with Crippen molar-refractivity contribution < 1.29 is 29.0 Å². The highest BCUT2D eigenvalue weighted by Gasteiger charge is 2.33.